The molecule has 0 bridgehead atoms. The molecule has 3 rings (SSSR count). The van der Waals surface area contributed by atoms with Gasteiger partial charge in [0.1, 0.15) is 0 Å². The molecule has 1 N–H and O–H groups in total. The summed E-state index contributed by atoms with van der Waals surface area (Å²) in [6.45, 7) is 17.7. The smallest absolute Gasteiger partial charge is 0.0184 e. The van der Waals surface area contributed by atoms with Crippen molar-refractivity contribution in [3.05, 3.63) is 81.3 Å². The fourth-order valence-corrected chi connectivity index (χ4v) is 17.9. The third-order valence-corrected chi connectivity index (χ3v) is 21.6. The van der Waals surface area contributed by atoms with E-state index in [-0.39, 0.29) is 0 Å². The third kappa shape index (κ3) is 14.9. The van der Waals surface area contributed by atoms with Gasteiger partial charge in [-0.05, 0) is 11.1 Å². The summed E-state index contributed by atoms with van der Waals surface area (Å²) in [5, 5.41) is 0. The Bertz CT molecular complexity index is 1020. The average molecular weight is 651 g/mol. The van der Waals surface area contributed by atoms with Gasteiger partial charge < -0.3 is 0 Å². The van der Waals surface area contributed by atoms with Gasteiger partial charge in [0.25, 0.3) is 0 Å². The molecule has 0 amide bonds. The van der Waals surface area contributed by atoms with Crippen LogP contribution >= 0.6 is 0 Å². The van der Waals surface area contributed by atoms with Crippen LogP contribution in [0, 0.1) is 5.92 Å². The van der Waals surface area contributed by atoms with E-state index in [2.05, 4.69) is 100 Å². The van der Waals surface area contributed by atoms with E-state index in [1.54, 1.807) is 16.7 Å². The summed E-state index contributed by atoms with van der Waals surface area (Å²) in [6, 6.07) is 20.8. The first-order chi connectivity index (χ1) is 21.4. The Kier molecular flexibility index (Phi) is 21.3. The Hall–Kier alpha value is -1.19. The topological polar surface area (TPSA) is 12.0 Å². The molecule has 1 aliphatic rings. The Morgan fingerprint density at radius 1 is 0.568 bits per heavy atom. The van der Waals surface area contributed by atoms with E-state index in [1.807, 2.05) is 16.0 Å². The molecule has 1 atom stereocenters. The number of hydrogen-bond acceptors (Lipinski definition) is 1. The molecule has 0 heterocycles. The van der Waals surface area contributed by atoms with Crippen LogP contribution in [0.1, 0.15) is 137 Å². The molecule has 0 radical (unpaired) electrons. The minimum absolute atomic E-state index is 0.595. The maximum Gasteiger partial charge on any atom is -0.0184 e. The van der Waals surface area contributed by atoms with Gasteiger partial charge in [-0.3, -0.25) is 0 Å². The van der Waals surface area contributed by atoms with Crippen LogP contribution in [0.2, 0.25) is 13.1 Å². The molecule has 2 aromatic carbocycles. The molecule has 1 unspecified atom stereocenters. The van der Waals surface area contributed by atoms with Crippen LogP contribution in [0.25, 0.3) is 11.1 Å². The van der Waals surface area contributed by atoms with Gasteiger partial charge in [0.05, 0.1) is 0 Å². The predicted molar refractivity (Wildman–Crippen MR) is 199 cm³/mol. The maximum atomic E-state index is 4.16. The summed E-state index contributed by atoms with van der Waals surface area (Å²) >= 11 is -1.24. The van der Waals surface area contributed by atoms with Crippen LogP contribution in [-0.4, -0.2) is 13.2 Å². The Labute approximate surface area is 281 Å². The largest absolute Gasteiger partial charge is 0.0622 e. The molecule has 0 saturated carbocycles. The predicted octanol–water partition coefficient (Wildman–Crippen LogP) is 13.0. The van der Waals surface area contributed by atoms with Crippen LogP contribution < -0.4 is 3.80 Å². The first-order valence-electron chi connectivity index (χ1n) is 18.5. The van der Waals surface area contributed by atoms with E-state index in [9.17, 15) is 0 Å². The van der Waals surface area contributed by atoms with Gasteiger partial charge in [0.15, 0.2) is 0 Å². The van der Waals surface area contributed by atoms with Crippen molar-refractivity contribution in [2.45, 2.75) is 150 Å². The number of allylic oxidation sites excluding steroid dienone is 4. The van der Waals surface area contributed by atoms with Crippen molar-refractivity contribution in [3.63, 3.8) is 0 Å². The molecule has 44 heavy (non-hydrogen) atoms. The van der Waals surface area contributed by atoms with E-state index in [0.717, 1.165) is 5.92 Å². The fourth-order valence-electron chi connectivity index (χ4n) is 6.57. The molecule has 3 heteroatoms. The van der Waals surface area contributed by atoms with Crippen LogP contribution in [-0.2, 0) is 17.4 Å². The van der Waals surface area contributed by atoms with Gasteiger partial charge in [0, 0.05) is 0 Å². The summed E-state index contributed by atoms with van der Waals surface area (Å²) in [5.41, 5.74) is 7.44. The number of benzene rings is 2. The molecule has 245 valence electrons. The molecule has 1 nitrogen and oxygen atoms in total. The zero-order valence-corrected chi connectivity index (χ0v) is 32.7. The van der Waals surface area contributed by atoms with Crippen molar-refractivity contribution >= 4 is 6.66 Å². The Morgan fingerprint density at radius 3 is 1.30 bits per heavy atom. The number of rotatable bonds is 21. The van der Waals surface area contributed by atoms with Crippen molar-refractivity contribution in [2.75, 3.05) is 6.54 Å². The summed E-state index contributed by atoms with van der Waals surface area (Å²) in [6.07, 6.45) is 23.3. The fraction of sp³-hybridized carbons (Fsp3) is 0.610. The molecule has 2 aromatic rings. The number of nitrogens with one attached hydrogen (secondary N) is 1. The van der Waals surface area contributed by atoms with Crippen molar-refractivity contribution in [1.82, 2.24) is 3.80 Å². The standard InChI is InChI=1S/C18H38N.C12H10.C9H13.C2H7Si.Ti/c1-2-3-4-5-6-7-8-9-10-11-12-13-14-15-16-17-18-19;1-3-7-11(8-4-1)12-9-5-2-6-10-12;1-6-5-7(2)9(4)8(6)3;1-3-2;/h19H,2-18H2,1H3;1-10H;6H,1-4H3;3H,1-2H3;/q-1;;;;+1. The second kappa shape index (κ2) is 24.0. The first-order valence-corrected chi connectivity index (χ1v) is 25.6. The van der Waals surface area contributed by atoms with Gasteiger partial charge >= 0.3 is 166 Å². The van der Waals surface area contributed by atoms with E-state index in [0.29, 0.717) is 0 Å². The van der Waals surface area contributed by atoms with Crippen LogP contribution in [0.3, 0.4) is 0 Å². The maximum absolute atomic E-state index is 4.16. The molecule has 0 aromatic heterocycles. The van der Waals surface area contributed by atoms with E-state index in [4.69, 9.17) is 0 Å². The van der Waals surface area contributed by atoms with Crippen LogP contribution in [0.5, 0.6) is 0 Å². The van der Waals surface area contributed by atoms with Crippen molar-refractivity contribution in [2.24, 2.45) is 5.92 Å². The summed E-state index contributed by atoms with van der Waals surface area (Å²) < 4.78 is 6.04. The molecule has 0 saturated heterocycles. The third-order valence-electron chi connectivity index (χ3n) is 9.73. The van der Waals surface area contributed by atoms with Crippen LogP contribution in [0.15, 0.2) is 81.3 Å². The quantitative estimate of drug-likeness (QED) is 0.105. The molecule has 0 aliphatic heterocycles. The van der Waals surface area contributed by atoms with Crippen LogP contribution in [0.4, 0.5) is 0 Å². The van der Waals surface area contributed by atoms with E-state index < -0.39 is 24.0 Å². The Balaban J connectivity index is 0.000000461. The molecule has 1 aliphatic carbocycles. The zero-order chi connectivity index (χ0) is 32.0. The van der Waals surface area contributed by atoms with Crippen molar-refractivity contribution < 1.29 is 17.4 Å². The van der Waals surface area contributed by atoms with E-state index >= 15 is 0 Å². The second-order valence-corrected chi connectivity index (χ2v) is 26.4. The molecular formula is C41H68NSiTi. The van der Waals surface area contributed by atoms with Crippen molar-refractivity contribution in [3.8, 4) is 11.1 Å². The summed E-state index contributed by atoms with van der Waals surface area (Å²) in [4.78, 5) is 0. The van der Waals surface area contributed by atoms with Gasteiger partial charge in [-0.25, -0.2) is 0 Å². The average Bonchev–Trinajstić information content (AvgIpc) is 3.23. The van der Waals surface area contributed by atoms with Crippen molar-refractivity contribution in [1.29, 1.82) is 0 Å². The van der Waals surface area contributed by atoms with Gasteiger partial charge in [-0.2, -0.15) is 0 Å². The summed E-state index contributed by atoms with van der Waals surface area (Å²) in [7, 11) is 0. The summed E-state index contributed by atoms with van der Waals surface area (Å²) in [5.74, 6) is 0.721. The minimum atomic E-state index is -1.24. The normalized spacial score (nSPS) is 14.8. The first kappa shape index (κ1) is 39.0. The van der Waals surface area contributed by atoms with Gasteiger partial charge in [-0.1, -0.05) is 106 Å². The van der Waals surface area contributed by atoms with Gasteiger partial charge in [0.2, 0.25) is 0 Å². The second-order valence-electron chi connectivity index (χ2n) is 13.6. The monoisotopic (exact) mass is 650 g/mol. The number of unbranched alkanes of at least 4 members (excludes halogenated alkanes) is 15. The van der Waals surface area contributed by atoms with Gasteiger partial charge in [-0.15, -0.1) is 0 Å². The van der Waals surface area contributed by atoms with E-state index in [1.165, 1.54) is 120 Å². The Morgan fingerprint density at radius 2 is 0.955 bits per heavy atom. The zero-order valence-electron chi connectivity index (χ0n) is 29.9. The minimum Gasteiger partial charge on any atom is -0.0622 e. The number of hydrogen-bond donors (Lipinski definition) is 1. The molecule has 0 spiro atoms. The molecular weight excluding hydrogens is 582 g/mol. The molecule has 0 fully saturated rings. The SMILES string of the molecule is CCCCCCCCCCCCCCCCCC[NH][Ti]([C]1=C(C)C(C)=C(C)C1C)[SiH](C)C.c1ccc(-c2ccccc2)cc1.